The van der Waals surface area contributed by atoms with Gasteiger partial charge in [0, 0.05) is 24.5 Å². The van der Waals surface area contributed by atoms with Gasteiger partial charge in [0.15, 0.2) is 0 Å². The molecule has 3 aliphatic heterocycles. The quantitative estimate of drug-likeness (QED) is 0.727. The van der Waals surface area contributed by atoms with Crippen LogP contribution < -0.4 is 5.32 Å². The van der Waals surface area contributed by atoms with E-state index in [9.17, 15) is 4.79 Å². The van der Waals surface area contributed by atoms with Crippen LogP contribution in [0.3, 0.4) is 0 Å². The molecule has 3 aromatic rings. The number of anilines is 1. The van der Waals surface area contributed by atoms with Crippen LogP contribution in [-0.4, -0.2) is 49.9 Å². The second-order valence-corrected chi connectivity index (χ2v) is 7.94. The first-order chi connectivity index (χ1) is 14.3. The number of piperidine rings is 3. The second-order valence-electron chi connectivity index (χ2n) is 7.94. The molecular weight excluding hydrogens is 364 g/mol. The SMILES string of the molecule is O=C(Nc1ccccc1)C1CN2CCC1CC2Cn1cc(-c2ccccn2)nn1. The van der Waals surface area contributed by atoms with E-state index in [1.54, 1.807) is 6.20 Å². The molecule has 3 fully saturated rings. The fourth-order valence-corrected chi connectivity index (χ4v) is 4.62. The number of fused-ring (bicyclic) bond motifs is 3. The number of para-hydroxylation sites is 1. The van der Waals surface area contributed by atoms with Crippen LogP contribution in [0.2, 0.25) is 0 Å². The molecule has 1 amide bonds. The number of nitrogens with one attached hydrogen (secondary N) is 1. The highest BCUT2D eigenvalue weighted by Gasteiger charge is 2.43. The predicted octanol–water partition coefficient (Wildman–Crippen LogP) is 2.69. The molecule has 1 N–H and O–H groups in total. The number of carbonyl (C=O) groups is 1. The van der Waals surface area contributed by atoms with Gasteiger partial charge in [0.2, 0.25) is 5.91 Å². The van der Waals surface area contributed by atoms with Crippen molar-refractivity contribution in [2.24, 2.45) is 11.8 Å². The summed E-state index contributed by atoms with van der Waals surface area (Å²) >= 11 is 0. The number of rotatable bonds is 5. The summed E-state index contributed by atoms with van der Waals surface area (Å²) in [5, 5.41) is 11.7. The lowest BCUT2D eigenvalue weighted by molar-refractivity contribution is -0.127. The van der Waals surface area contributed by atoms with E-state index < -0.39 is 0 Å². The fourth-order valence-electron chi connectivity index (χ4n) is 4.62. The molecular formula is C22H24N6O. The molecule has 4 unspecified atom stereocenters. The van der Waals surface area contributed by atoms with Crippen LogP contribution in [0.1, 0.15) is 12.8 Å². The predicted molar refractivity (Wildman–Crippen MR) is 110 cm³/mol. The first-order valence-electron chi connectivity index (χ1n) is 10.2. The minimum Gasteiger partial charge on any atom is -0.326 e. The molecule has 2 aromatic heterocycles. The van der Waals surface area contributed by atoms with Gasteiger partial charge >= 0.3 is 0 Å². The Bertz CT molecular complexity index is 973. The van der Waals surface area contributed by atoms with Crippen LogP contribution in [-0.2, 0) is 11.3 Å². The highest BCUT2D eigenvalue weighted by atomic mass is 16.2. The average Bonchev–Trinajstić information content (AvgIpc) is 3.24. The summed E-state index contributed by atoms with van der Waals surface area (Å²) in [7, 11) is 0. The summed E-state index contributed by atoms with van der Waals surface area (Å²) in [6, 6.07) is 15.9. The average molecular weight is 388 g/mol. The molecule has 0 aliphatic carbocycles. The Morgan fingerprint density at radius 3 is 2.72 bits per heavy atom. The molecule has 6 rings (SSSR count). The Labute approximate surface area is 169 Å². The molecule has 1 aromatic carbocycles. The smallest absolute Gasteiger partial charge is 0.229 e. The maximum atomic E-state index is 12.8. The number of aromatic nitrogens is 4. The zero-order valence-electron chi connectivity index (χ0n) is 16.2. The molecule has 29 heavy (non-hydrogen) atoms. The first-order valence-corrected chi connectivity index (χ1v) is 10.2. The molecule has 3 aliphatic rings. The summed E-state index contributed by atoms with van der Waals surface area (Å²) < 4.78 is 1.91. The minimum absolute atomic E-state index is 0.0556. The molecule has 0 spiro atoms. The van der Waals surface area contributed by atoms with Crippen LogP contribution in [0.4, 0.5) is 5.69 Å². The highest BCUT2D eigenvalue weighted by molar-refractivity contribution is 5.93. The molecule has 0 saturated carbocycles. The van der Waals surface area contributed by atoms with Gasteiger partial charge in [-0.05, 0) is 49.6 Å². The van der Waals surface area contributed by atoms with Crippen LogP contribution in [0.15, 0.2) is 60.9 Å². The minimum atomic E-state index is 0.0556. The van der Waals surface area contributed by atoms with E-state index >= 15 is 0 Å². The van der Waals surface area contributed by atoms with E-state index in [2.05, 4.69) is 25.5 Å². The molecule has 7 heteroatoms. The normalized spacial score (nSPS) is 25.7. The van der Waals surface area contributed by atoms with Crippen LogP contribution in [0.5, 0.6) is 0 Å². The largest absolute Gasteiger partial charge is 0.326 e. The lowest BCUT2D eigenvalue weighted by atomic mass is 9.75. The number of hydrogen-bond acceptors (Lipinski definition) is 5. The van der Waals surface area contributed by atoms with Gasteiger partial charge in [-0.3, -0.25) is 19.4 Å². The van der Waals surface area contributed by atoms with Gasteiger partial charge in [-0.2, -0.15) is 0 Å². The number of carbonyl (C=O) groups excluding carboxylic acids is 1. The van der Waals surface area contributed by atoms with Crippen molar-refractivity contribution in [1.82, 2.24) is 24.9 Å². The van der Waals surface area contributed by atoms with Gasteiger partial charge in [-0.25, -0.2) is 0 Å². The third-order valence-electron chi connectivity index (χ3n) is 6.12. The lowest BCUT2D eigenvalue weighted by Crippen LogP contribution is -2.57. The molecule has 5 heterocycles. The second kappa shape index (κ2) is 7.75. The van der Waals surface area contributed by atoms with E-state index in [1.807, 2.05) is 59.4 Å². The van der Waals surface area contributed by atoms with Crippen LogP contribution in [0.25, 0.3) is 11.4 Å². The molecule has 148 valence electrons. The van der Waals surface area contributed by atoms with E-state index in [4.69, 9.17) is 0 Å². The van der Waals surface area contributed by atoms with Crippen molar-refractivity contribution in [3.05, 3.63) is 60.9 Å². The molecule has 0 radical (unpaired) electrons. The molecule has 2 bridgehead atoms. The van der Waals surface area contributed by atoms with Crippen LogP contribution in [0, 0.1) is 11.8 Å². The monoisotopic (exact) mass is 388 g/mol. The third kappa shape index (κ3) is 3.78. The van der Waals surface area contributed by atoms with Crippen molar-refractivity contribution in [2.75, 3.05) is 18.4 Å². The maximum Gasteiger partial charge on any atom is 0.229 e. The van der Waals surface area contributed by atoms with Gasteiger partial charge < -0.3 is 5.32 Å². The number of nitrogens with zero attached hydrogens (tertiary/aromatic N) is 5. The van der Waals surface area contributed by atoms with Crippen molar-refractivity contribution in [2.45, 2.75) is 25.4 Å². The standard InChI is InChI=1S/C22H24N6O/c29-22(24-17-6-2-1-3-7-17)19-14-27-11-9-16(19)12-18(27)13-28-15-21(25-26-28)20-8-4-5-10-23-20/h1-8,10,15-16,18-19H,9,11-14H2,(H,24,29). The summed E-state index contributed by atoms with van der Waals surface area (Å²) in [5.74, 6) is 0.620. The van der Waals surface area contributed by atoms with Crippen molar-refractivity contribution >= 4 is 11.6 Å². The van der Waals surface area contributed by atoms with Gasteiger partial charge in [-0.1, -0.05) is 29.5 Å². The lowest BCUT2D eigenvalue weighted by Gasteiger charge is -2.49. The van der Waals surface area contributed by atoms with Crippen molar-refractivity contribution in [3.63, 3.8) is 0 Å². The summed E-state index contributed by atoms with van der Waals surface area (Å²) in [4.78, 5) is 19.6. The zero-order valence-corrected chi connectivity index (χ0v) is 16.2. The van der Waals surface area contributed by atoms with E-state index in [-0.39, 0.29) is 11.8 Å². The molecule has 3 saturated heterocycles. The topological polar surface area (TPSA) is 75.9 Å². The van der Waals surface area contributed by atoms with Crippen molar-refractivity contribution in [1.29, 1.82) is 0 Å². The highest BCUT2D eigenvalue weighted by Crippen LogP contribution is 2.37. The van der Waals surface area contributed by atoms with Gasteiger partial charge in [-0.15, -0.1) is 5.10 Å². The number of benzene rings is 1. The maximum absolute atomic E-state index is 12.8. The van der Waals surface area contributed by atoms with Crippen molar-refractivity contribution < 1.29 is 4.79 Å². The Morgan fingerprint density at radius 2 is 1.97 bits per heavy atom. The summed E-state index contributed by atoms with van der Waals surface area (Å²) in [6.07, 6.45) is 5.83. The first kappa shape index (κ1) is 18.0. The van der Waals surface area contributed by atoms with Gasteiger partial charge in [0.25, 0.3) is 0 Å². The van der Waals surface area contributed by atoms with E-state index in [0.29, 0.717) is 12.0 Å². The Balaban J connectivity index is 1.23. The zero-order chi connectivity index (χ0) is 19.6. The number of hydrogen-bond donors (Lipinski definition) is 1. The van der Waals surface area contributed by atoms with Gasteiger partial charge in [0.05, 0.1) is 24.4 Å². The summed E-state index contributed by atoms with van der Waals surface area (Å²) in [5.41, 5.74) is 2.50. The van der Waals surface area contributed by atoms with E-state index in [0.717, 1.165) is 49.6 Å². The third-order valence-corrected chi connectivity index (χ3v) is 6.12. The summed E-state index contributed by atoms with van der Waals surface area (Å²) in [6.45, 7) is 2.66. The van der Waals surface area contributed by atoms with Gasteiger partial charge in [0.1, 0.15) is 5.69 Å². The Kier molecular flexibility index (Phi) is 4.81. The fraction of sp³-hybridized carbons (Fsp3) is 0.364. The van der Waals surface area contributed by atoms with E-state index in [1.165, 1.54) is 0 Å². The number of pyridine rings is 1. The Hall–Kier alpha value is -3.06. The van der Waals surface area contributed by atoms with Crippen molar-refractivity contribution in [3.8, 4) is 11.4 Å². The molecule has 4 atom stereocenters. The number of amides is 1. The molecule has 7 nitrogen and oxygen atoms in total. The Morgan fingerprint density at radius 1 is 1.10 bits per heavy atom. The van der Waals surface area contributed by atoms with Crippen LogP contribution >= 0.6 is 0 Å².